The molecule has 0 spiro atoms. The number of hydrogen-bond donors (Lipinski definition) is 2. The van der Waals surface area contributed by atoms with E-state index in [1.165, 1.54) is 0 Å². The second-order valence-electron chi connectivity index (χ2n) is 6.98. The zero-order valence-corrected chi connectivity index (χ0v) is 15.5. The van der Waals surface area contributed by atoms with E-state index < -0.39 is 5.60 Å². The number of phenols is 1. The molecule has 1 aliphatic heterocycles. The number of nitrogens with zero attached hydrogens (tertiary/aromatic N) is 1. The van der Waals surface area contributed by atoms with Gasteiger partial charge in [-0.15, -0.1) is 0 Å². The van der Waals surface area contributed by atoms with Crippen molar-refractivity contribution in [2.24, 2.45) is 5.92 Å². The highest BCUT2D eigenvalue weighted by Gasteiger charge is 2.29. The minimum atomic E-state index is -0.453. The van der Waals surface area contributed by atoms with Gasteiger partial charge in [0.25, 0.3) is 0 Å². The summed E-state index contributed by atoms with van der Waals surface area (Å²) in [6.07, 6.45) is 0.737. The fraction of sp³-hybridized carbons (Fsp3) is 0.588. The zero-order chi connectivity index (χ0) is 17.0. The Morgan fingerprint density at radius 3 is 2.91 bits per heavy atom. The number of hydrogen-bond acceptors (Lipinski definition) is 4. The van der Waals surface area contributed by atoms with E-state index in [1.807, 2.05) is 32.9 Å². The van der Waals surface area contributed by atoms with E-state index in [2.05, 4.69) is 21.2 Å². The lowest BCUT2D eigenvalue weighted by Crippen LogP contribution is -2.36. The number of benzene rings is 1. The third kappa shape index (κ3) is 5.70. The summed E-state index contributed by atoms with van der Waals surface area (Å²) in [5, 5.41) is 13.2. The Morgan fingerprint density at radius 1 is 1.48 bits per heavy atom. The fourth-order valence-electron chi connectivity index (χ4n) is 2.60. The number of aromatic hydroxyl groups is 1. The van der Waals surface area contributed by atoms with Crippen molar-refractivity contribution < 1.29 is 14.6 Å². The van der Waals surface area contributed by atoms with Crippen molar-refractivity contribution >= 4 is 22.0 Å². The average Bonchev–Trinajstić information content (AvgIpc) is 2.90. The van der Waals surface area contributed by atoms with E-state index in [4.69, 9.17) is 4.74 Å². The van der Waals surface area contributed by atoms with Crippen molar-refractivity contribution in [3.8, 4) is 5.75 Å². The zero-order valence-electron chi connectivity index (χ0n) is 13.9. The van der Waals surface area contributed by atoms with Crippen LogP contribution in [-0.4, -0.2) is 41.3 Å². The minimum Gasteiger partial charge on any atom is -0.508 e. The molecule has 6 heteroatoms. The summed E-state index contributed by atoms with van der Waals surface area (Å²) in [7, 11) is 0. The summed E-state index contributed by atoms with van der Waals surface area (Å²) >= 11 is 3.41. The van der Waals surface area contributed by atoms with Gasteiger partial charge in [-0.1, -0.05) is 15.9 Å². The molecule has 2 rings (SSSR count). The van der Waals surface area contributed by atoms with Crippen LogP contribution in [0, 0.1) is 5.92 Å². The van der Waals surface area contributed by atoms with Crippen molar-refractivity contribution in [2.75, 3.05) is 19.6 Å². The molecule has 1 aliphatic rings. The maximum absolute atomic E-state index is 12.0. The van der Waals surface area contributed by atoms with Gasteiger partial charge in [0.15, 0.2) is 0 Å². The lowest BCUT2D eigenvalue weighted by atomic mass is 10.1. The van der Waals surface area contributed by atoms with Crippen LogP contribution in [0.25, 0.3) is 0 Å². The van der Waals surface area contributed by atoms with Crippen molar-refractivity contribution in [3.63, 3.8) is 0 Å². The number of nitrogens with one attached hydrogen (secondary N) is 1. The van der Waals surface area contributed by atoms with Crippen molar-refractivity contribution in [1.82, 2.24) is 10.2 Å². The van der Waals surface area contributed by atoms with Gasteiger partial charge in [0.2, 0.25) is 0 Å². The highest BCUT2D eigenvalue weighted by molar-refractivity contribution is 9.10. The second kappa shape index (κ2) is 7.53. The molecule has 23 heavy (non-hydrogen) atoms. The van der Waals surface area contributed by atoms with E-state index in [1.54, 1.807) is 11.0 Å². The van der Waals surface area contributed by atoms with Crippen LogP contribution >= 0.6 is 15.9 Å². The fourth-order valence-corrected chi connectivity index (χ4v) is 3.01. The van der Waals surface area contributed by atoms with Gasteiger partial charge >= 0.3 is 6.09 Å². The van der Waals surface area contributed by atoms with Crippen LogP contribution < -0.4 is 5.32 Å². The summed E-state index contributed by atoms with van der Waals surface area (Å²) in [6, 6.07) is 5.40. The molecule has 0 saturated carbocycles. The first-order valence-electron chi connectivity index (χ1n) is 7.90. The highest BCUT2D eigenvalue weighted by atomic mass is 79.9. The maximum atomic E-state index is 12.0. The Morgan fingerprint density at radius 2 is 2.22 bits per heavy atom. The number of ether oxygens (including phenoxy) is 1. The molecule has 1 heterocycles. The Bertz CT molecular complexity index is 557. The lowest BCUT2D eigenvalue weighted by Gasteiger charge is -2.24. The average molecular weight is 385 g/mol. The van der Waals surface area contributed by atoms with Crippen LogP contribution in [0.3, 0.4) is 0 Å². The van der Waals surface area contributed by atoms with Crippen LogP contribution in [0.5, 0.6) is 5.75 Å². The smallest absolute Gasteiger partial charge is 0.410 e. The van der Waals surface area contributed by atoms with Gasteiger partial charge in [-0.05, 0) is 51.3 Å². The molecule has 1 aromatic carbocycles. The summed E-state index contributed by atoms with van der Waals surface area (Å²) in [4.78, 5) is 13.8. The number of carbonyl (C=O) groups is 1. The molecule has 1 unspecified atom stereocenters. The Kier molecular flexibility index (Phi) is 5.92. The molecule has 1 fully saturated rings. The molecule has 1 atom stereocenters. The van der Waals surface area contributed by atoms with Gasteiger partial charge in [-0.2, -0.15) is 0 Å². The molecule has 1 amide bonds. The number of carbonyl (C=O) groups excluding carboxylic acids is 1. The second-order valence-corrected chi connectivity index (χ2v) is 7.90. The maximum Gasteiger partial charge on any atom is 0.410 e. The molecule has 1 aromatic rings. The molecular weight excluding hydrogens is 360 g/mol. The number of phenolic OH excluding ortho intramolecular Hbond substituents is 1. The summed E-state index contributed by atoms with van der Waals surface area (Å²) in [5.41, 5.74) is 0.410. The van der Waals surface area contributed by atoms with E-state index >= 15 is 0 Å². The summed E-state index contributed by atoms with van der Waals surface area (Å²) in [5.74, 6) is 0.708. The van der Waals surface area contributed by atoms with E-state index in [0.29, 0.717) is 24.8 Å². The number of halogens is 1. The normalized spacial score (nSPS) is 18.3. The van der Waals surface area contributed by atoms with Crippen molar-refractivity contribution in [3.05, 3.63) is 28.2 Å². The minimum absolute atomic E-state index is 0.232. The molecule has 128 valence electrons. The van der Waals surface area contributed by atoms with Crippen LogP contribution in [-0.2, 0) is 11.3 Å². The molecule has 1 saturated heterocycles. The van der Waals surface area contributed by atoms with Crippen LogP contribution in [0.2, 0.25) is 0 Å². The Balaban J connectivity index is 1.76. The van der Waals surface area contributed by atoms with E-state index in [-0.39, 0.29) is 6.09 Å². The van der Waals surface area contributed by atoms with Gasteiger partial charge in [-0.25, -0.2) is 4.79 Å². The van der Waals surface area contributed by atoms with E-state index in [9.17, 15) is 9.90 Å². The standard InChI is InChI=1S/C17H25BrN2O3/c1-17(2,3)23-16(22)20-7-6-12(11-20)9-19-10-13-8-14(18)4-5-15(13)21/h4-5,8,12,19,21H,6-7,9-11H2,1-3H3. The predicted molar refractivity (Wildman–Crippen MR) is 93.4 cm³/mol. The predicted octanol–water partition coefficient (Wildman–Crippen LogP) is 3.50. The van der Waals surface area contributed by atoms with Gasteiger partial charge in [0.05, 0.1) is 0 Å². The molecule has 0 aliphatic carbocycles. The molecule has 0 bridgehead atoms. The molecule has 5 nitrogen and oxygen atoms in total. The van der Waals surface area contributed by atoms with E-state index in [0.717, 1.165) is 29.5 Å². The topological polar surface area (TPSA) is 61.8 Å². The monoisotopic (exact) mass is 384 g/mol. The van der Waals surface area contributed by atoms with Crippen LogP contribution in [0.1, 0.15) is 32.8 Å². The lowest BCUT2D eigenvalue weighted by molar-refractivity contribution is 0.0288. The number of likely N-dealkylation sites (tertiary alicyclic amines) is 1. The number of amides is 1. The molecule has 0 aromatic heterocycles. The van der Waals surface area contributed by atoms with Crippen molar-refractivity contribution in [1.29, 1.82) is 0 Å². The molecule has 0 radical (unpaired) electrons. The Hall–Kier alpha value is -1.27. The molecular formula is C17H25BrN2O3. The van der Waals surface area contributed by atoms with Gasteiger partial charge in [0.1, 0.15) is 11.4 Å². The summed E-state index contributed by atoms with van der Waals surface area (Å²) < 4.78 is 6.35. The largest absolute Gasteiger partial charge is 0.508 e. The van der Waals surface area contributed by atoms with Gasteiger partial charge in [0, 0.05) is 36.2 Å². The SMILES string of the molecule is CC(C)(C)OC(=O)N1CCC(CNCc2cc(Br)ccc2O)C1. The van der Waals surface area contributed by atoms with Gasteiger partial charge < -0.3 is 20.1 Å². The third-order valence-corrected chi connectivity index (χ3v) is 4.22. The van der Waals surface area contributed by atoms with Crippen molar-refractivity contribution in [2.45, 2.75) is 39.3 Å². The first-order valence-corrected chi connectivity index (χ1v) is 8.70. The molecule has 2 N–H and O–H groups in total. The van der Waals surface area contributed by atoms with Crippen LogP contribution in [0.15, 0.2) is 22.7 Å². The Labute approximate surface area is 146 Å². The third-order valence-electron chi connectivity index (χ3n) is 3.73. The number of rotatable bonds is 4. The quantitative estimate of drug-likeness (QED) is 0.833. The highest BCUT2D eigenvalue weighted by Crippen LogP contribution is 2.22. The van der Waals surface area contributed by atoms with Crippen LogP contribution in [0.4, 0.5) is 4.79 Å². The van der Waals surface area contributed by atoms with Gasteiger partial charge in [-0.3, -0.25) is 0 Å². The first-order chi connectivity index (χ1) is 10.7. The first kappa shape index (κ1) is 18.1. The summed E-state index contributed by atoms with van der Waals surface area (Å²) in [6.45, 7) is 8.51.